The van der Waals surface area contributed by atoms with Crippen LogP contribution in [0, 0.1) is 11.3 Å². The molecule has 3 rings (SSSR count). The van der Waals surface area contributed by atoms with Gasteiger partial charge in [0.1, 0.15) is 0 Å². The Labute approximate surface area is 192 Å². The highest BCUT2D eigenvalue weighted by molar-refractivity contribution is 5.85. The summed E-state index contributed by atoms with van der Waals surface area (Å²) >= 11 is 0. The molecule has 166 valence electrons. The molecule has 0 unspecified atom stereocenters. The van der Waals surface area contributed by atoms with Crippen LogP contribution in [0.25, 0.3) is 11.3 Å². The van der Waals surface area contributed by atoms with E-state index in [-0.39, 0.29) is 24.5 Å². The number of nitrogens with one attached hydrogen (secondary N) is 2. The third-order valence-electron chi connectivity index (χ3n) is 4.49. The summed E-state index contributed by atoms with van der Waals surface area (Å²) in [6, 6.07) is 19.4. The van der Waals surface area contributed by atoms with Gasteiger partial charge in [0.25, 0.3) is 5.56 Å². The predicted octanol–water partition coefficient (Wildman–Crippen LogP) is 3.41. The van der Waals surface area contributed by atoms with Crippen LogP contribution < -0.4 is 16.2 Å². The van der Waals surface area contributed by atoms with Crippen LogP contribution in [0.4, 0.5) is 10.5 Å². The molecule has 9 heteroatoms. The minimum absolute atomic E-state index is 0. The van der Waals surface area contributed by atoms with Crippen molar-refractivity contribution in [2.24, 2.45) is 0 Å². The molecule has 1 amide bonds. The molecule has 32 heavy (non-hydrogen) atoms. The largest absolute Gasteiger partial charge is 0.449 e. The van der Waals surface area contributed by atoms with Gasteiger partial charge < -0.3 is 10.1 Å². The molecule has 3 aromatic rings. The number of anilines is 1. The molecule has 1 heterocycles. The maximum atomic E-state index is 12.3. The van der Waals surface area contributed by atoms with Crippen molar-refractivity contribution in [3.8, 4) is 17.3 Å². The Bertz CT molecular complexity index is 1140. The molecule has 0 spiro atoms. The molecule has 0 radical (unpaired) electrons. The number of amides is 1. The molecular formula is C23H24ClN5O3. The Morgan fingerprint density at radius 2 is 1.94 bits per heavy atom. The summed E-state index contributed by atoms with van der Waals surface area (Å²) in [7, 11) is 1.84. The Balaban J connectivity index is 0.00000363. The number of nitrogens with zero attached hydrogens (tertiary/aromatic N) is 3. The zero-order valence-electron chi connectivity index (χ0n) is 17.6. The van der Waals surface area contributed by atoms with Gasteiger partial charge >= 0.3 is 6.09 Å². The second-order valence-corrected chi connectivity index (χ2v) is 6.82. The van der Waals surface area contributed by atoms with E-state index in [0.29, 0.717) is 23.6 Å². The van der Waals surface area contributed by atoms with Crippen molar-refractivity contribution in [1.82, 2.24) is 15.1 Å². The normalized spacial score (nSPS) is 10.0. The number of nitriles is 1. The SMILES string of the molecule is CNCCCOC(=O)Nc1cccc(Cn2nc(-c3ccc(C#N)cc3)ccc2=O)c1.Cl. The average Bonchev–Trinajstić information content (AvgIpc) is 2.78. The van der Waals surface area contributed by atoms with Gasteiger partial charge in [0.15, 0.2) is 0 Å². The average molecular weight is 454 g/mol. The van der Waals surface area contributed by atoms with E-state index in [9.17, 15) is 9.59 Å². The molecule has 0 fully saturated rings. The molecule has 2 aromatic carbocycles. The summed E-state index contributed by atoms with van der Waals surface area (Å²) in [4.78, 5) is 24.2. The van der Waals surface area contributed by atoms with Crippen LogP contribution in [-0.2, 0) is 11.3 Å². The van der Waals surface area contributed by atoms with Crippen molar-refractivity contribution in [3.63, 3.8) is 0 Å². The van der Waals surface area contributed by atoms with Crippen LogP contribution in [0.5, 0.6) is 0 Å². The minimum Gasteiger partial charge on any atom is -0.449 e. The van der Waals surface area contributed by atoms with Crippen molar-refractivity contribution in [2.75, 3.05) is 25.5 Å². The third kappa shape index (κ3) is 6.94. The van der Waals surface area contributed by atoms with Gasteiger partial charge in [-0.2, -0.15) is 10.4 Å². The zero-order valence-corrected chi connectivity index (χ0v) is 18.4. The van der Waals surface area contributed by atoms with Crippen LogP contribution in [0.3, 0.4) is 0 Å². The van der Waals surface area contributed by atoms with Gasteiger partial charge in [-0.05, 0) is 55.9 Å². The lowest BCUT2D eigenvalue weighted by atomic mass is 10.1. The Hall–Kier alpha value is -3.67. The van der Waals surface area contributed by atoms with E-state index in [4.69, 9.17) is 10.00 Å². The maximum absolute atomic E-state index is 12.3. The number of benzene rings is 2. The van der Waals surface area contributed by atoms with E-state index >= 15 is 0 Å². The zero-order chi connectivity index (χ0) is 22.1. The van der Waals surface area contributed by atoms with Crippen molar-refractivity contribution in [1.29, 1.82) is 5.26 Å². The van der Waals surface area contributed by atoms with Gasteiger partial charge in [-0.15, -0.1) is 12.4 Å². The van der Waals surface area contributed by atoms with Crippen molar-refractivity contribution >= 4 is 24.2 Å². The molecule has 0 saturated heterocycles. The van der Waals surface area contributed by atoms with Crippen LogP contribution >= 0.6 is 12.4 Å². The second-order valence-electron chi connectivity index (χ2n) is 6.82. The summed E-state index contributed by atoms with van der Waals surface area (Å²) in [5.74, 6) is 0. The lowest BCUT2D eigenvalue weighted by molar-refractivity contribution is 0.160. The van der Waals surface area contributed by atoms with E-state index < -0.39 is 6.09 Å². The topological polar surface area (TPSA) is 109 Å². The number of carbonyl (C=O) groups excluding carboxylic acids is 1. The van der Waals surface area contributed by atoms with Crippen molar-refractivity contribution < 1.29 is 9.53 Å². The lowest BCUT2D eigenvalue weighted by Gasteiger charge is -2.10. The number of carbonyl (C=O) groups is 1. The lowest BCUT2D eigenvalue weighted by Crippen LogP contribution is -2.23. The first kappa shape index (κ1) is 24.6. The first-order valence-electron chi connectivity index (χ1n) is 9.85. The first-order chi connectivity index (χ1) is 15.1. The van der Waals surface area contributed by atoms with Gasteiger partial charge in [0.2, 0.25) is 0 Å². The molecule has 0 bridgehead atoms. The van der Waals surface area contributed by atoms with Crippen LogP contribution in [0.1, 0.15) is 17.5 Å². The second kappa shape index (κ2) is 12.2. The highest BCUT2D eigenvalue weighted by Crippen LogP contribution is 2.17. The molecule has 8 nitrogen and oxygen atoms in total. The third-order valence-corrected chi connectivity index (χ3v) is 4.49. The number of ether oxygens (including phenoxy) is 1. The molecule has 1 aromatic heterocycles. The summed E-state index contributed by atoms with van der Waals surface area (Å²) in [6.45, 7) is 1.34. The van der Waals surface area contributed by atoms with Gasteiger partial charge in [0, 0.05) is 17.3 Å². The summed E-state index contributed by atoms with van der Waals surface area (Å²) in [5, 5.41) is 19.1. The molecule has 0 aliphatic rings. The monoisotopic (exact) mass is 453 g/mol. The molecular weight excluding hydrogens is 430 g/mol. The smallest absolute Gasteiger partial charge is 0.411 e. The molecule has 0 atom stereocenters. The summed E-state index contributed by atoms with van der Waals surface area (Å²) in [6.07, 6.45) is 0.208. The number of hydrogen-bond acceptors (Lipinski definition) is 6. The van der Waals surface area contributed by atoms with E-state index in [1.165, 1.54) is 10.7 Å². The van der Waals surface area contributed by atoms with Gasteiger partial charge in [-0.1, -0.05) is 24.3 Å². The predicted molar refractivity (Wildman–Crippen MR) is 125 cm³/mol. The van der Waals surface area contributed by atoms with E-state index in [0.717, 1.165) is 24.1 Å². The number of aromatic nitrogens is 2. The van der Waals surface area contributed by atoms with Crippen LogP contribution in [0.2, 0.25) is 0 Å². The van der Waals surface area contributed by atoms with E-state index in [2.05, 4.69) is 21.8 Å². The Kier molecular flexibility index (Phi) is 9.42. The number of hydrogen-bond donors (Lipinski definition) is 2. The molecule has 0 aliphatic heterocycles. The van der Waals surface area contributed by atoms with E-state index in [1.54, 1.807) is 48.5 Å². The summed E-state index contributed by atoms with van der Waals surface area (Å²) < 4.78 is 6.49. The Morgan fingerprint density at radius 1 is 1.16 bits per heavy atom. The highest BCUT2D eigenvalue weighted by atomic mass is 35.5. The Morgan fingerprint density at radius 3 is 2.66 bits per heavy atom. The van der Waals surface area contributed by atoms with Gasteiger partial charge in [0.05, 0.1) is 30.5 Å². The fourth-order valence-corrected chi connectivity index (χ4v) is 2.92. The highest BCUT2D eigenvalue weighted by Gasteiger charge is 2.07. The fourth-order valence-electron chi connectivity index (χ4n) is 2.92. The number of rotatable bonds is 8. The molecule has 0 saturated carbocycles. The van der Waals surface area contributed by atoms with Gasteiger partial charge in [-0.25, -0.2) is 9.48 Å². The van der Waals surface area contributed by atoms with Gasteiger partial charge in [-0.3, -0.25) is 10.1 Å². The standard InChI is InChI=1S/C23H23N5O3.ClH/c1-25-12-3-13-31-23(30)26-20-5-2-4-18(14-20)16-28-22(29)11-10-21(27-28)19-8-6-17(15-24)7-9-19;/h2,4-11,14,25H,3,12-13,16H2,1H3,(H,26,30);1H. The summed E-state index contributed by atoms with van der Waals surface area (Å²) in [5.41, 5.74) is 3.14. The fraction of sp³-hybridized carbons (Fsp3) is 0.217. The van der Waals surface area contributed by atoms with Crippen molar-refractivity contribution in [2.45, 2.75) is 13.0 Å². The quantitative estimate of drug-likeness (QED) is 0.506. The van der Waals surface area contributed by atoms with E-state index in [1.807, 2.05) is 13.1 Å². The maximum Gasteiger partial charge on any atom is 0.411 e. The molecule has 0 aliphatic carbocycles. The van der Waals surface area contributed by atoms with Crippen LogP contribution in [-0.4, -0.2) is 36.1 Å². The van der Waals surface area contributed by atoms with Crippen molar-refractivity contribution in [3.05, 3.63) is 82.1 Å². The minimum atomic E-state index is -0.522. The van der Waals surface area contributed by atoms with Crippen LogP contribution in [0.15, 0.2) is 65.5 Å². The molecule has 2 N–H and O–H groups in total. The number of halogens is 1. The first-order valence-corrected chi connectivity index (χ1v) is 9.85.